The first-order chi connectivity index (χ1) is 8.31. The van der Waals surface area contributed by atoms with Gasteiger partial charge in [-0.3, -0.25) is 4.79 Å². The van der Waals surface area contributed by atoms with Crippen molar-refractivity contribution in [1.29, 1.82) is 0 Å². The van der Waals surface area contributed by atoms with Crippen LogP contribution in [0.1, 0.15) is 30.8 Å². The zero-order chi connectivity index (χ0) is 13.9. The number of carbonyl (C=O) groups is 1. The smallest absolute Gasteiger partial charge is 0.270 e. The number of hydrogen-bond acceptors (Lipinski definition) is 3. The second-order valence-corrected chi connectivity index (χ2v) is 6.58. The van der Waals surface area contributed by atoms with Crippen molar-refractivity contribution in [2.24, 2.45) is 0 Å². The normalized spacial score (nSPS) is 11.6. The van der Waals surface area contributed by atoms with E-state index in [1.165, 1.54) is 12.3 Å². The Bertz CT molecular complexity index is 536. The van der Waals surface area contributed by atoms with E-state index in [2.05, 4.69) is 0 Å². The van der Waals surface area contributed by atoms with Gasteiger partial charge in [0.05, 0.1) is 0 Å². The van der Waals surface area contributed by atoms with Crippen molar-refractivity contribution in [1.82, 2.24) is 9.47 Å². The number of aromatic nitrogens is 1. The molecule has 1 amide bonds. The van der Waals surface area contributed by atoms with Gasteiger partial charge in [-0.1, -0.05) is 6.92 Å². The van der Waals surface area contributed by atoms with E-state index in [9.17, 15) is 13.2 Å². The van der Waals surface area contributed by atoms with Crippen molar-refractivity contribution in [2.75, 3.05) is 13.6 Å². The van der Waals surface area contributed by atoms with Crippen molar-refractivity contribution in [3.8, 4) is 0 Å². The summed E-state index contributed by atoms with van der Waals surface area (Å²) in [7, 11) is 3.16. The number of amides is 1. The Morgan fingerprint density at radius 1 is 1.44 bits per heavy atom. The highest BCUT2D eigenvalue weighted by atomic mass is 35.7. The van der Waals surface area contributed by atoms with Gasteiger partial charge in [0.1, 0.15) is 10.6 Å². The van der Waals surface area contributed by atoms with E-state index in [4.69, 9.17) is 10.7 Å². The molecule has 0 aliphatic carbocycles. The molecule has 0 aliphatic heterocycles. The van der Waals surface area contributed by atoms with Crippen molar-refractivity contribution in [3.05, 3.63) is 18.0 Å². The van der Waals surface area contributed by atoms with Crippen LogP contribution in [0.2, 0.25) is 0 Å². The molecule has 102 valence electrons. The molecule has 0 saturated heterocycles. The van der Waals surface area contributed by atoms with Gasteiger partial charge >= 0.3 is 0 Å². The van der Waals surface area contributed by atoms with Crippen molar-refractivity contribution in [2.45, 2.75) is 31.7 Å². The number of hydrogen-bond donors (Lipinski definition) is 0. The fourth-order valence-electron chi connectivity index (χ4n) is 1.69. The third-order valence-electron chi connectivity index (χ3n) is 2.62. The van der Waals surface area contributed by atoms with Crippen LogP contribution in [-0.2, 0) is 15.6 Å². The van der Waals surface area contributed by atoms with Crippen LogP contribution < -0.4 is 0 Å². The van der Waals surface area contributed by atoms with Gasteiger partial charge in [0.15, 0.2) is 0 Å². The molecular formula is C11H17ClN2O3S. The molecule has 0 aromatic carbocycles. The Labute approximate surface area is 112 Å². The molecule has 1 heterocycles. The molecule has 0 fully saturated rings. The monoisotopic (exact) mass is 292 g/mol. The van der Waals surface area contributed by atoms with Crippen molar-refractivity contribution >= 4 is 25.6 Å². The molecule has 7 heteroatoms. The number of rotatable bonds is 5. The Morgan fingerprint density at radius 3 is 2.50 bits per heavy atom. The molecule has 0 spiro atoms. The summed E-state index contributed by atoms with van der Waals surface area (Å²) < 4.78 is 24.1. The van der Waals surface area contributed by atoms with Crippen LogP contribution in [0.15, 0.2) is 17.2 Å². The summed E-state index contributed by atoms with van der Waals surface area (Å²) in [6, 6.07) is 1.32. The summed E-state index contributed by atoms with van der Waals surface area (Å²) >= 11 is 0. The third-order valence-corrected chi connectivity index (χ3v) is 3.94. The predicted molar refractivity (Wildman–Crippen MR) is 70.4 cm³/mol. The molecule has 5 nitrogen and oxygen atoms in total. The SMILES string of the molecule is CCCN(C)C(=O)c1cc(S(=O)(=O)Cl)cn1CC. The van der Waals surface area contributed by atoms with Crippen molar-refractivity contribution in [3.63, 3.8) is 0 Å². The first-order valence-corrected chi connectivity index (χ1v) is 8.02. The first kappa shape index (κ1) is 15.0. The first-order valence-electron chi connectivity index (χ1n) is 5.71. The molecule has 0 saturated carbocycles. The predicted octanol–water partition coefficient (Wildman–Crippen LogP) is 1.92. The molecule has 0 unspecified atom stereocenters. The molecule has 18 heavy (non-hydrogen) atoms. The maximum Gasteiger partial charge on any atom is 0.270 e. The minimum atomic E-state index is -3.81. The maximum atomic E-state index is 12.1. The third kappa shape index (κ3) is 3.26. The van der Waals surface area contributed by atoms with Gasteiger partial charge in [0.2, 0.25) is 0 Å². The molecule has 0 bridgehead atoms. The standard InChI is InChI=1S/C11H17ClN2O3S/c1-4-6-13(3)11(15)10-7-9(18(12,16)17)8-14(10)5-2/h7-8H,4-6H2,1-3H3. The van der Waals surface area contributed by atoms with Gasteiger partial charge in [-0.25, -0.2) is 8.42 Å². The largest absolute Gasteiger partial charge is 0.342 e. The molecular weight excluding hydrogens is 276 g/mol. The topological polar surface area (TPSA) is 59.4 Å². The molecule has 1 rings (SSSR count). The second-order valence-electron chi connectivity index (χ2n) is 4.01. The Kier molecular flexibility index (Phi) is 4.81. The lowest BCUT2D eigenvalue weighted by molar-refractivity contribution is 0.0784. The summed E-state index contributed by atoms with van der Waals surface area (Å²) in [5.74, 6) is -0.203. The quantitative estimate of drug-likeness (QED) is 0.779. The van der Waals surface area contributed by atoms with Crippen molar-refractivity contribution < 1.29 is 13.2 Å². The Balaban J connectivity index is 3.16. The van der Waals surface area contributed by atoms with Crippen LogP contribution >= 0.6 is 10.7 Å². The summed E-state index contributed by atoms with van der Waals surface area (Å²) in [4.78, 5) is 13.6. The molecule has 0 N–H and O–H groups in total. The Hall–Kier alpha value is -1.01. The van der Waals surface area contributed by atoms with Gasteiger partial charge in [-0.2, -0.15) is 0 Å². The van der Waals surface area contributed by atoms with Crippen LogP contribution in [0.4, 0.5) is 0 Å². The summed E-state index contributed by atoms with van der Waals surface area (Å²) in [5, 5.41) is 0. The van der Waals surface area contributed by atoms with Gasteiger partial charge in [-0.05, 0) is 19.4 Å². The average molecular weight is 293 g/mol. The van der Waals surface area contributed by atoms with E-state index in [1.54, 1.807) is 16.5 Å². The minimum Gasteiger partial charge on any atom is -0.342 e. The average Bonchev–Trinajstić information content (AvgIpc) is 2.71. The van der Waals surface area contributed by atoms with Gasteiger partial charge in [-0.15, -0.1) is 0 Å². The number of carbonyl (C=O) groups excluding carboxylic acids is 1. The van der Waals surface area contributed by atoms with Gasteiger partial charge < -0.3 is 9.47 Å². The second kappa shape index (κ2) is 5.75. The lowest BCUT2D eigenvalue weighted by atomic mass is 10.3. The highest BCUT2D eigenvalue weighted by Gasteiger charge is 2.21. The molecule has 0 radical (unpaired) electrons. The fourth-order valence-corrected chi connectivity index (χ4v) is 2.45. The lowest BCUT2D eigenvalue weighted by Crippen LogP contribution is -2.29. The van der Waals surface area contributed by atoms with E-state index < -0.39 is 9.05 Å². The zero-order valence-electron chi connectivity index (χ0n) is 10.7. The van der Waals surface area contributed by atoms with E-state index in [0.717, 1.165) is 6.42 Å². The lowest BCUT2D eigenvalue weighted by Gasteiger charge is -2.16. The van der Waals surface area contributed by atoms with Crippen LogP contribution in [0.5, 0.6) is 0 Å². The summed E-state index contributed by atoms with van der Waals surface area (Å²) in [6.45, 7) is 4.93. The van der Waals surface area contributed by atoms with Gasteiger partial charge in [0, 0.05) is 37.0 Å². The highest BCUT2D eigenvalue weighted by molar-refractivity contribution is 8.13. The molecule has 1 aromatic rings. The zero-order valence-corrected chi connectivity index (χ0v) is 12.3. The van der Waals surface area contributed by atoms with Crippen LogP contribution in [0, 0.1) is 0 Å². The summed E-state index contributed by atoms with van der Waals surface area (Å²) in [5.41, 5.74) is 0.340. The fraction of sp³-hybridized carbons (Fsp3) is 0.545. The minimum absolute atomic E-state index is 0.0423. The molecule has 0 aliphatic rings. The van der Waals surface area contributed by atoms with Crippen LogP contribution in [-0.4, -0.2) is 37.4 Å². The van der Waals surface area contributed by atoms with E-state index in [-0.39, 0.29) is 10.8 Å². The summed E-state index contributed by atoms with van der Waals surface area (Å²) in [6.07, 6.45) is 2.23. The molecule has 0 atom stereocenters. The van der Waals surface area contributed by atoms with E-state index in [0.29, 0.717) is 18.8 Å². The molecule has 1 aromatic heterocycles. The Morgan fingerprint density at radius 2 is 2.06 bits per heavy atom. The van der Waals surface area contributed by atoms with Crippen LogP contribution in [0.3, 0.4) is 0 Å². The van der Waals surface area contributed by atoms with E-state index in [1.807, 2.05) is 13.8 Å². The van der Waals surface area contributed by atoms with Gasteiger partial charge in [0.25, 0.3) is 15.0 Å². The maximum absolute atomic E-state index is 12.1. The highest BCUT2D eigenvalue weighted by Crippen LogP contribution is 2.19. The van der Waals surface area contributed by atoms with Crippen LogP contribution in [0.25, 0.3) is 0 Å². The van der Waals surface area contributed by atoms with E-state index >= 15 is 0 Å². The number of halogens is 1. The number of aryl methyl sites for hydroxylation is 1. The number of nitrogens with zero attached hydrogens (tertiary/aromatic N) is 2.